The van der Waals surface area contributed by atoms with E-state index >= 15 is 0 Å². The first kappa shape index (κ1) is 14.4. The van der Waals surface area contributed by atoms with Crippen molar-refractivity contribution in [2.24, 2.45) is 5.92 Å². The topological polar surface area (TPSA) is 24.5 Å². The Morgan fingerprint density at radius 1 is 1.26 bits per heavy atom. The maximum Gasteiger partial charge on any atom is 0.123 e. The smallest absolute Gasteiger partial charge is 0.123 e. The number of hydrogen-bond donors (Lipinski definition) is 1. The second kappa shape index (κ2) is 5.93. The molecule has 1 aliphatic rings. The number of nitrogens with zero attached hydrogens (tertiary/aromatic N) is 1. The van der Waals surface area contributed by atoms with Crippen molar-refractivity contribution in [2.75, 3.05) is 34.3 Å². The summed E-state index contributed by atoms with van der Waals surface area (Å²) in [5, 5.41) is 3.47. The number of benzene rings is 1. The minimum absolute atomic E-state index is 0.421. The van der Waals surface area contributed by atoms with Gasteiger partial charge in [-0.1, -0.05) is 6.07 Å². The predicted octanol–water partition coefficient (Wildman–Crippen LogP) is 2.52. The Labute approximate surface area is 116 Å². The second-order valence-electron chi connectivity index (χ2n) is 5.84. The quantitative estimate of drug-likeness (QED) is 0.902. The summed E-state index contributed by atoms with van der Waals surface area (Å²) < 4.78 is 5.62. The minimum Gasteiger partial charge on any atom is -0.496 e. The van der Waals surface area contributed by atoms with E-state index in [1.165, 1.54) is 23.1 Å². The highest BCUT2D eigenvalue weighted by atomic mass is 16.5. The molecule has 3 nitrogen and oxygen atoms in total. The fraction of sp³-hybridized carbons (Fsp3) is 0.625. The molecule has 0 saturated carbocycles. The van der Waals surface area contributed by atoms with Gasteiger partial charge >= 0.3 is 0 Å². The highest BCUT2D eigenvalue weighted by Crippen LogP contribution is 2.37. The second-order valence-corrected chi connectivity index (χ2v) is 5.84. The van der Waals surface area contributed by atoms with Gasteiger partial charge in [-0.05, 0) is 70.6 Å². The maximum absolute atomic E-state index is 5.62. The molecule has 0 aliphatic carbocycles. The van der Waals surface area contributed by atoms with E-state index in [-0.39, 0.29) is 0 Å². The Bertz CT molecular complexity index is 437. The van der Waals surface area contributed by atoms with Crippen molar-refractivity contribution in [2.45, 2.75) is 26.3 Å². The van der Waals surface area contributed by atoms with Crippen molar-refractivity contribution in [3.05, 3.63) is 28.8 Å². The Morgan fingerprint density at radius 3 is 2.47 bits per heavy atom. The first-order valence-electron chi connectivity index (χ1n) is 7.07. The van der Waals surface area contributed by atoms with Crippen LogP contribution in [0.1, 0.15) is 29.2 Å². The molecule has 1 aromatic carbocycles. The molecule has 1 aliphatic heterocycles. The van der Waals surface area contributed by atoms with Gasteiger partial charge in [0.25, 0.3) is 0 Å². The summed E-state index contributed by atoms with van der Waals surface area (Å²) in [4.78, 5) is 2.32. The van der Waals surface area contributed by atoms with Gasteiger partial charge in [0, 0.05) is 11.6 Å². The highest BCUT2D eigenvalue weighted by molar-refractivity contribution is 5.44. The third-order valence-corrected chi connectivity index (χ3v) is 4.27. The average Bonchev–Trinajstić information content (AvgIpc) is 2.86. The van der Waals surface area contributed by atoms with E-state index in [9.17, 15) is 0 Å². The van der Waals surface area contributed by atoms with Crippen LogP contribution in [0.2, 0.25) is 0 Å². The summed E-state index contributed by atoms with van der Waals surface area (Å²) in [5.41, 5.74) is 3.96. The molecule has 0 aromatic heterocycles. The Hall–Kier alpha value is -1.06. The molecule has 106 valence electrons. The average molecular weight is 262 g/mol. The lowest BCUT2D eigenvalue weighted by Gasteiger charge is -2.31. The molecular formula is C16H26N2O. The third kappa shape index (κ3) is 2.93. The van der Waals surface area contributed by atoms with Gasteiger partial charge in [0.15, 0.2) is 0 Å². The first-order valence-corrected chi connectivity index (χ1v) is 7.07. The molecule has 0 radical (unpaired) electrons. The zero-order valence-corrected chi connectivity index (χ0v) is 12.8. The molecule has 2 atom stereocenters. The van der Waals surface area contributed by atoms with Gasteiger partial charge in [0.1, 0.15) is 5.75 Å². The summed E-state index contributed by atoms with van der Waals surface area (Å²) in [6.07, 6.45) is 1.24. The minimum atomic E-state index is 0.421. The lowest BCUT2D eigenvalue weighted by molar-refractivity contribution is 0.217. The Balaban J connectivity index is 2.43. The Morgan fingerprint density at radius 2 is 1.95 bits per heavy atom. The van der Waals surface area contributed by atoms with Crippen molar-refractivity contribution in [1.29, 1.82) is 0 Å². The molecule has 19 heavy (non-hydrogen) atoms. The summed E-state index contributed by atoms with van der Waals surface area (Å²) in [7, 11) is 6.10. The molecule has 1 heterocycles. The number of hydrogen-bond acceptors (Lipinski definition) is 3. The fourth-order valence-electron chi connectivity index (χ4n) is 3.12. The summed E-state index contributed by atoms with van der Waals surface area (Å²) in [6, 6.07) is 4.89. The monoisotopic (exact) mass is 262 g/mol. The van der Waals surface area contributed by atoms with Crippen molar-refractivity contribution >= 4 is 0 Å². The van der Waals surface area contributed by atoms with Crippen LogP contribution in [0.4, 0.5) is 0 Å². The zero-order valence-electron chi connectivity index (χ0n) is 12.8. The summed E-state index contributed by atoms with van der Waals surface area (Å²) in [6.45, 7) is 6.54. The molecule has 0 bridgehead atoms. The molecule has 1 fully saturated rings. The molecule has 0 amide bonds. The molecule has 1 aromatic rings. The van der Waals surface area contributed by atoms with Gasteiger partial charge < -0.3 is 15.0 Å². The van der Waals surface area contributed by atoms with Crippen molar-refractivity contribution < 1.29 is 4.74 Å². The van der Waals surface area contributed by atoms with Crippen LogP contribution in [-0.4, -0.2) is 39.2 Å². The molecule has 2 unspecified atom stereocenters. The van der Waals surface area contributed by atoms with Gasteiger partial charge in [-0.25, -0.2) is 0 Å². The summed E-state index contributed by atoms with van der Waals surface area (Å²) >= 11 is 0. The number of aryl methyl sites for hydroxylation is 2. The molecule has 3 heteroatoms. The first-order chi connectivity index (χ1) is 9.04. The van der Waals surface area contributed by atoms with Gasteiger partial charge in [-0.3, -0.25) is 0 Å². The largest absolute Gasteiger partial charge is 0.496 e. The number of nitrogens with one attached hydrogen (secondary N) is 1. The van der Waals surface area contributed by atoms with Crippen LogP contribution >= 0.6 is 0 Å². The van der Waals surface area contributed by atoms with Crippen LogP contribution in [0.25, 0.3) is 0 Å². The van der Waals surface area contributed by atoms with E-state index < -0.39 is 0 Å². The standard InChI is InChI=1S/C16H26N2O/c1-11-8-14(15(19-5)9-12(11)2)16(18(3)4)13-6-7-17-10-13/h8-9,13,16-17H,6-7,10H2,1-5H3. The Kier molecular flexibility index (Phi) is 4.48. The van der Waals surface area contributed by atoms with Gasteiger partial charge in [-0.15, -0.1) is 0 Å². The lowest BCUT2D eigenvalue weighted by atomic mass is 9.89. The maximum atomic E-state index is 5.62. The van der Waals surface area contributed by atoms with E-state index in [2.05, 4.69) is 50.3 Å². The van der Waals surface area contributed by atoms with E-state index in [4.69, 9.17) is 4.74 Å². The molecule has 1 saturated heterocycles. The van der Waals surface area contributed by atoms with Crippen LogP contribution in [0.15, 0.2) is 12.1 Å². The van der Waals surface area contributed by atoms with Crippen LogP contribution in [0.5, 0.6) is 5.75 Å². The van der Waals surface area contributed by atoms with Gasteiger partial charge in [0.2, 0.25) is 0 Å². The molecular weight excluding hydrogens is 236 g/mol. The molecule has 0 spiro atoms. The number of methoxy groups -OCH3 is 1. The van der Waals surface area contributed by atoms with Crippen LogP contribution < -0.4 is 10.1 Å². The number of rotatable bonds is 4. The van der Waals surface area contributed by atoms with E-state index in [1.807, 2.05) is 0 Å². The van der Waals surface area contributed by atoms with E-state index in [0.29, 0.717) is 12.0 Å². The van der Waals surface area contributed by atoms with Crippen LogP contribution in [0, 0.1) is 19.8 Å². The van der Waals surface area contributed by atoms with Crippen LogP contribution in [-0.2, 0) is 0 Å². The zero-order chi connectivity index (χ0) is 14.0. The predicted molar refractivity (Wildman–Crippen MR) is 79.9 cm³/mol. The molecule has 2 rings (SSSR count). The number of ether oxygens (including phenoxy) is 1. The fourth-order valence-corrected chi connectivity index (χ4v) is 3.12. The van der Waals surface area contributed by atoms with E-state index in [0.717, 1.165) is 18.8 Å². The lowest BCUT2D eigenvalue weighted by Crippen LogP contribution is -2.29. The van der Waals surface area contributed by atoms with Crippen molar-refractivity contribution in [3.63, 3.8) is 0 Å². The van der Waals surface area contributed by atoms with Gasteiger partial charge in [0.05, 0.1) is 7.11 Å². The normalized spacial score (nSPS) is 20.8. The van der Waals surface area contributed by atoms with Crippen molar-refractivity contribution in [1.82, 2.24) is 10.2 Å². The molecule has 1 N–H and O–H groups in total. The summed E-state index contributed by atoms with van der Waals surface area (Å²) in [5.74, 6) is 1.68. The van der Waals surface area contributed by atoms with Gasteiger partial charge in [-0.2, -0.15) is 0 Å². The van der Waals surface area contributed by atoms with E-state index in [1.54, 1.807) is 7.11 Å². The SMILES string of the molecule is COc1cc(C)c(C)cc1C(C1CCNC1)N(C)C. The van der Waals surface area contributed by atoms with Crippen LogP contribution in [0.3, 0.4) is 0 Å². The highest BCUT2D eigenvalue weighted by Gasteiger charge is 2.30. The van der Waals surface area contributed by atoms with Crippen molar-refractivity contribution in [3.8, 4) is 5.75 Å². The third-order valence-electron chi connectivity index (χ3n) is 4.27.